The summed E-state index contributed by atoms with van der Waals surface area (Å²) in [6.07, 6.45) is 1.45. The quantitative estimate of drug-likeness (QED) is 0.796. The third-order valence-electron chi connectivity index (χ3n) is 3.11. The molecule has 0 aliphatic carbocycles. The van der Waals surface area contributed by atoms with Crippen LogP contribution in [-0.4, -0.2) is 10.1 Å². The zero-order chi connectivity index (χ0) is 14.8. The standard InChI is InChI=1S/C16H11F2NO2/c17-11-5-6-14(18)15(7-11)21-16-13-4-2-1-3-12(13)10(9-20)8-19-16/h1-8,20H,9H2. The summed E-state index contributed by atoms with van der Waals surface area (Å²) in [6, 6.07) is 10.1. The molecule has 3 rings (SSSR count). The third kappa shape index (κ3) is 2.55. The molecule has 1 N–H and O–H groups in total. The normalized spacial score (nSPS) is 10.8. The molecular formula is C16H11F2NO2. The molecule has 0 spiro atoms. The number of aromatic nitrogens is 1. The Hall–Kier alpha value is -2.53. The van der Waals surface area contributed by atoms with Crippen LogP contribution in [0.5, 0.6) is 11.6 Å². The average Bonchev–Trinajstić information content (AvgIpc) is 2.51. The number of halogens is 2. The van der Waals surface area contributed by atoms with Crippen molar-refractivity contribution < 1.29 is 18.6 Å². The van der Waals surface area contributed by atoms with E-state index in [1.54, 1.807) is 18.2 Å². The minimum Gasteiger partial charge on any atom is -0.435 e. The van der Waals surface area contributed by atoms with Crippen molar-refractivity contribution in [2.45, 2.75) is 6.61 Å². The highest BCUT2D eigenvalue weighted by Crippen LogP contribution is 2.31. The minimum atomic E-state index is -0.673. The molecule has 0 unspecified atom stereocenters. The van der Waals surface area contributed by atoms with Crippen molar-refractivity contribution in [3.8, 4) is 11.6 Å². The lowest BCUT2D eigenvalue weighted by Crippen LogP contribution is -1.95. The Bertz CT molecular complexity index is 805. The van der Waals surface area contributed by atoms with Crippen molar-refractivity contribution in [2.75, 3.05) is 0 Å². The molecule has 5 heteroatoms. The summed E-state index contributed by atoms with van der Waals surface area (Å²) in [5.74, 6) is -1.34. The average molecular weight is 287 g/mol. The van der Waals surface area contributed by atoms with Crippen molar-refractivity contribution in [1.29, 1.82) is 0 Å². The highest BCUT2D eigenvalue weighted by molar-refractivity contribution is 5.89. The minimum absolute atomic E-state index is 0.160. The maximum atomic E-state index is 13.6. The Morgan fingerprint density at radius 2 is 1.81 bits per heavy atom. The van der Waals surface area contributed by atoms with Gasteiger partial charge >= 0.3 is 0 Å². The van der Waals surface area contributed by atoms with E-state index < -0.39 is 11.6 Å². The lowest BCUT2D eigenvalue weighted by molar-refractivity contribution is 0.282. The first kappa shape index (κ1) is 13.5. The van der Waals surface area contributed by atoms with Gasteiger partial charge in [-0.15, -0.1) is 0 Å². The van der Waals surface area contributed by atoms with Gasteiger partial charge in [-0.2, -0.15) is 0 Å². The summed E-state index contributed by atoms with van der Waals surface area (Å²) in [7, 11) is 0. The van der Waals surface area contributed by atoms with Crippen LogP contribution in [0.25, 0.3) is 10.8 Å². The molecule has 0 amide bonds. The Morgan fingerprint density at radius 1 is 1.05 bits per heavy atom. The van der Waals surface area contributed by atoms with Gasteiger partial charge in [0.2, 0.25) is 5.88 Å². The van der Waals surface area contributed by atoms with Gasteiger partial charge in [-0.25, -0.2) is 13.8 Å². The summed E-state index contributed by atoms with van der Waals surface area (Å²) >= 11 is 0. The fourth-order valence-corrected chi connectivity index (χ4v) is 2.09. The van der Waals surface area contributed by atoms with Gasteiger partial charge in [-0.3, -0.25) is 0 Å². The van der Waals surface area contributed by atoms with Crippen LogP contribution in [-0.2, 0) is 6.61 Å². The van der Waals surface area contributed by atoms with E-state index in [0.717, 1.165) is 23.6 Å². The Labute approximate surface area is 119 Å². The summed E-state index contributed by atoms with van der Waals surface area (Å²) in [5.41, 5.74) is 0.637. The van der Waals surface area contributed by atoms with Crippen LogP contribution in [0.4, 0.5) is 8.78 Å². The predicted molar refractivity (Wildman–Crippen MR) is 74.1 cm³/mol. The van der Waals surface area contributed by atoms with Gasteiger partial charge in [-0.05, 0) is 23.6 Å². The summed E-state index contributed by atoms with van der Waals surface area (Å²) in [6.45, 7) is -0.165. The van der Waals surface area contributed by atoms with Crippen LogP contribution in [0.2, 0.25) is 0 Å². The number of hydrogen-bond donors (Lipinski definition) is 1. The lowest BCUT2D eigenvalue weighted by Gasteiger charge is -2.10. The van der Waals surface area contributed by atoms with Crippen molar-refractivity contribution in [1.82, 2.24) is 4.98 Å². The molecule has 0 saturated carbocycles. The fourth-order valence-electron chi connectivity index (χ4n) is 2.09. The predicted octanol–water partition coefficient (Wildman–Crippen LogP) is 3.80. The zero-order valence-electron chi connectivity index (χ0n) is 10.9. The number of hydrogen-bond acceptors (Lipinski definition) is 3. The first-order chi connectivity index (χ1) is 10.2. The van der Waals surface area contributed by atoms with Crippen LogP contribution in [0.15, 0.2) is 48.7 Å². The molecule has 1 aromatic heterocycles. The van der Waals surface area contributed by atoms with E-state index in [9.17, 15) is 13.9 Å². The van der Waals surface area contributed by atoms with Crippen LogP contribution < -0.4 is 4.74 Å². The lowest BCUT2D eigenvalue weighted by atomic mass is 10.1. The number of pyridine rings is 1. The largest absolute Gasteiger partial charge is 0.435 e. The maximum Gasteiger partial charge on any atom is 0.227 e. The van der Waals surface area contributed by atoms with Crippen molar-refractivity contribution in [3.63, 3.8) is 0 Å². The van der Waals surface area contributed by atoms with Crippen molar-refractivity contribution in [3.05, 3.63) is 65.9 Å². The monoisotopic (exact) mass is 287 g/mol. The highest BCUT2D eigenvalue weighted by Gasteiger charge is 2.12. The second-order valence-electron chi connectivity index (χ2n) is 4.47. The maximum absolute atomic E-state index is 13.6. The first-order valence-electron chi connectivity index (χ1n) is 6.29. The molecule has 0 aliphatic heterocycles. The summed E-state index contributed by atoms with van der Waals surface area (Å²) in [4.78, 5) is 4.07. The van der Waals surface area contributed by atoms with E-state index in [2.05, 4.69) is 4.98 Å². The van der Waals surface area contributed by atoms with Crippen LogP contribution in [0.1, 0.15) is 5.56 Å². The second-order valence-corrected chi connectivity index (χ2v) is 4.47. The molecule has 0 radical (unpaired) electrons. The van der Waals surface area contributed by atoms with Gasteiger partial charge in [0.05, 0.1) is 6.61 Å². The van der Waals surface area contributed by atoms with Crippen molar-refractivity contribution in [2.24, 2.45) is 0 Å². The van der Waals surface area contributed by atoms with Crippen LogP contribution in [0, 0.1) is 11.6 Å². The van der Waals surface area contributed by atoms with E-state index in [4.69, 9.17) is 4.74 Å². The number of aliphatic hydroxyl groups is 1. The molecule has 0 aliphatic rings. The van der Waals surface area contributed by atoms with Gasteiger partial charge in [0.1, 0.15) is 5.82 Å². The van der Waals surface area contributed by atoms with Crippen LogP contribution >= 0.6 is 0 Å². The number of benzene rings is 2. The molecule has 3 nitrogen and oxygen atoms in total. The van der Waals surface area contributed by atoms with Crippen LogP contribution in [0.3, 0.4) is 0 Å². The van der Waals surface area contributed by atoms with Crippen molar-refractivity contribution >= 4 is 10.8 Å². The zero-order valence-corrected chi connectivity index (χ0v) is 10.9. The Morgan fingerprint density at radius 3 is 2.57 bits per heavy atom. The summed E-state index contributed by atoms with van der Waals surface area (Å²) in [5, 5.41) is 10.7. The first-order valence-corrected chi connectivity index (χ1v) is 6.29. The Balaban J connectivity index is 2.11. The topological polar surface area (TPSA) is 42.4 Å². The molecule has 0 atom stereocenters. The third-order valence-corrected chi connectivity index (χ3v) is 3.11. The molecule has 0 fully saturated rings. The molecule has 3 aromatic rings. The van der Waals surface area contributed by atoms with Gasteiger partial charge in [0.25, 0.3) is 0 Å². The molecule has 0 bridgehead atoms. The van der Waals surface area contributed by atoms with E-state index in [0.29, 0.717) is 10.9 Å². The molecule has 2 aromatic carbocycles. The number of aliphatic hydroxyl groups excluding tert-OH is 1. The van der Waals surface area contributed by atoms with Gasteiger partial charge in [0, 0.05) is 23.2 Å². The van der Waals surface area contributed by atoms with Gasteiger partial charge in [0.15, 0.2) is 11.6 Å². The number of rotatable bonds is 3. The molecule has 1 heterocycles. The number of ether oxygens (including phenoxy) is 1. The Kier molecular flexibility index (Phi) is 3.50. The van der Waals surface area contributed by atoms with E-state index in [1.807, 2.05) is 6.07 Å². The van der Waals surface area contributed by atoms with E-state index >= 15 is 0 Å². The molecular weight excluding hydrogens is 276 g/mol. The molecule has 0 saturated heterocycles. The fraction of sp³-hybridized carbons (Fsp3) is 0.0625. The summed E-state index contributed by atoms with van der Waals surface area (Å²) < 4.78 is 32.2. The molecule has 21 heavy (non-hydrogen) atoms. The van der Waals surface area contributed by atoms with E-state index in [1.165, 1.54) is 6.20 Å². The molecule has 106 valence electrons. The smallest absolute Gasteiger partial charge is 0.227 e. The SMILES string of the molecule is OCc1cnc(Oc2cc(F)ccc2F)c2ccccc12. The number of nitrogens with zero attached hydrogens (tertiary/aromatic N) is 1. The van der Waals surface area contributed by atoms with Gasteiger partial charge < -0.3 is 9.84 Å². The van der Waals surface area contributed by atoms with E-state index in [-0.39, 0.29) is 18.2 Å². The second kappa shape index (κ2) is 5.46. The van der Waals surface area contributed by atoms with Gasteiger partial charge in [-0.1, -0.05) is 18.2 Å². The highest BCUT2D eigenvalue weighted by atomic mass is 19.1. The number of fused-ring (bicyclic) bond motifs is 1.